The van der Waals surface area contributed by atoms with Crippen molar-refractivity contribution in [3.63, 3.8) is 0 Å². The molecule has 1 aromatic carbocycles. The molecule has 112 valence electrons. The van der Waals surface area contributed by atoms with Gasteiger partial charge in [0.25, 0.3) is 0 Å². The van der Waals surface area contributed by atoms with Crippen LogP contribution in [-0.2, 0) is 29.4 Å². The van der Waals surface area contributed by atoms with Crippen LogP contribution in [0.25, 0.3) is 0 Å². The topological polar surface area (TPSA) is 58.2 Å². The van der Waals surface area contributed by atoms with Gasteiger partial charge in [0.05, 0.1) is 4.90 Å². The Morgan fingerprint density at radius 1 is 1.33 bits per heavy atom. The molecular formula is C15H18N2O2S2. The molecule has 0 saturated heterocycles. The number of benzene rings is 1. The highest BCUT2D eigenvalue weighted by Gasteiger charge is 2.18. The standard InChI is InChI=1S/C15H18N2O2S2/c1-2-11-6-8-20-15(11)10-17-21(18,19)13-3-4-14-12(9-13)5-7-16-14/h3-4,6,8-9,16-17H,2,5,7,10H2,1H3. The van der Waals surface area contributed by atoms with Gasteiger partial charge < -0.3 is 5.32 Å². The molecule has 0 spiro atoms. The minimum atomic E-state index is -3.45. The fourth-order valence-corrected chi connectivity index (χ4v) is 4.58. The van der Waals surface area contributed by atoms with Gasteiger partial charge in [-0.3, -0.25) is 0 Å². The summed E-state index contributed by atoms with van der Waals surface area (Å²) in [6.45, 7) is 3.31. The molecule has 2 N–H and O–H groups in total. The van der Waals surface area contributed by atoms with Crippen LogP contribution in [0.3, 0.4) is 0 Å². The predicted octanol–water partition coefficient (Wildman–Crippen LogP) is 2.76. The van der Waals surface area contributed by atoms with Crippen molar-refractivity contribution in [3.8, 4) is 0 Å². The lowest BCUT2D eigenvalue weighted by atomic mass is 10.2. The van der Waals surface area contributed by atoms with Crippen LogP contribution >= 0.6 is 11.3 Å². The molecule has 0 radical (unpaired) electrons. The van der Waals surface area contributed by atoms with Gasteiger partial charge in [-0.05, 0) is 53.6 Å². The molecule has 0 aliphatic carbocycles. The molecule has 2 heterocycles. The van der Waals surface area contributed by atoms with Gasteiger partial charge in [0, 0.05) is 23.7 Å². The highest BCUT2D eigenvalue weighted by Crippen LogP contribution is 2.25. The van der Waals surface area contributed by atoms with Crippen molar-refractivity contribution in [1.82, 2.24) is 4.72 Å². The van der Waals surface area contributed by atoms with Crippen molar-refractivity contribution in [1.29, 1.82) is 0 Å². The molecule has 2 aromatic rings. The molecule has 1 aliphatic heterocycles. The number of rotatable bonds is 5. The molecule has 1 aromatic heterocycles. The third kappa shape index (κ3) is 2.97. The second-order valence-electron chi connectivity index (χ2n) is 5.04. The van der Waals surface area contributed by atoms with Crippen molar-refractivity contribution in [2.24, 2.45) is 0 Å². The number of anilines is 1. The van der Waals surface area contributed by atoms with E-state index in [9.17, 15) is 8.42 Å². The molecule has 0 bridgehead atoms. The average molecular weight is 322 g/mol. The summed E-state index contributed by atoms with van der Waals surface area (Å²) in [6, 6.07) is 7.33. The quantitative estimate of drug-likeness (QED) is 0.890. The Morgan fingerprint density at radius 3 is 3.00 bits per heavy atom. The fraction of sp³-hybridized carbons (Fsp3) is 0.333. The Labute approximate surface area is 129 Å². The maximum atomic E-state index is 12.4. The summed E-state index contributed by atoms with van der Waals surface area (Å²) in [5.41, 5.74) is 3.32. The summed E-state index contributed by atoms with van der Waals surface area (Å²) in [4.78, 5) is 1.43. The van der Waals surface area contributed by atoms with Crippen LogP contribution in [0.4, 0.5) is 5.69 Å². The first-order valence-corrected chi connectivity index (χ1v) is 9.38. The minimum Gasteiger partial charge on any atom is -0.384 e. The number of hydrogen-bond acceptors (Lipinski definition) is 4. The zero-order valence-corrected chi connectivity index (χ0v) is 13.5. The summed E-state index contributed by atoms with van der Waals surface area (Å²) < 4.78 is 27.5. The van der Waals surface area contributed by atoms with Gasteiger partial charge in [0.2, 0.25) is 10.0 Å². The Morgan fingerprint density at radius 2 is 2.19 bits per heavy atom. The van der Waals surface area contributed by atoms with Crippen LogP contribution < -0.4 is 10.0 Å². The minimum absolute atomic E-state index is 0.347. The number of thiophene rings is 1. The largest absolute Gasteiger partial charge is 0.384 e. The van der Waals surface area contributed by atoms with Crippen molar-refractivity contribution >= 4 is 27.0 Å². The first kappa shape index (κ1) is 14.6. The van der Waals surface area contributed by atoms with Gasteiger partial charge in [-0.1, -0.05) is 6.92 Å². The second-order valence-corrected chi connectivity index (χ2v) is 7.81. The van der Waals surface area contributed by atoms with Gasteiger partial charge in [-0.25, -0.2) is 13.1 Å². The Kier molecular flexibility index (Phi) is 4.01. The zero-order valence-electron chi connectivity index (χ0n) is 11.8. The van der Waals surface area contributed by atoms with Crippen molar-refractivity contribution in [3.05, 3.63) is 45.6 Å². The van der Waals surface area contributed by atoms with E-state index in [4.69, 9.17) is 0 Å². The van der Waals surface area contributed by atoms with Gasteiger partial charge in [-0.2, -0.15) is 0 Å². The Hall–Kier alpha value is -1.37. The van der Waals surface area contributed by atoms with Gasteiger partial charge >= 0.3 is 0 Å². The number of fused-ring (bicyclic) bond motifs is 1. The molecule has 0 unspecified atom stereocenters. The van der Waals surface area contributed by atoms with Crippen LogP contribution in [0.5, 0.6) is 0 Å². The van der Waals surface area contributed by atoms with E-state index in [1.807, 2.05) is 11.4 Å². The van der Waals surface area contributed by atoms with Crippen LogP contribution in [0.2, 0.25) is 0 Å². The smallest absolute Gasteiger partial charge is 0.240 e. The van der Waals surface area contributed by atoms with Crippen molar-refractivity contribution in [2.75, 3.05) is 11.9 Å². The monoisotopic (exact) mass is 322 g/mol. The van der Waals surface area contributed by atoms with Gasteiger partial charge in [0.15, 0.2) is 0 Å². The second kappa shape index (κ2) is 5.79. The highest BCUT2D eigenvalue weighted by atomic mass is 32.2. The van der Waals surface area contributed by atoms with E-state index in [-0.39, 0.29) is 0 Å². The third-order valence-electron chi connectivity index (χ3n) is 3.74. The van der Waals surface area contributed by atoms with Crippen LogP contribution in [-0.4, -0.2) is 15.0 Å². The molecule has 0 atom stereocenters. The third-order valence-corrected chi connectivity index (χ3v) is 6.10. The summed E-state index contributed by atoms with van der Waals surface area (Å²) in [6.07, 6.45) is 1.80. The van der Waals surface area contributed by atoms with Crippen LogP contribution in [0.15, 0.2) is 34.5 Å². The van der Waals surface area contributed by atoms with E-state index in [1.165, 1.54) is 5.56 Å². The molecule has 0 fully saturated rings. The van der Waals surface area contributed by atoms with E-state index >= 15 is 0 Å². The van der Waals surface area contributed by atoms with E-state index in [0.29, 0.717) is 11.4 Å². The first-order valence-electron chi connectivity index (χ1n) is 7.02. The highest BCUT2D eigenvalue weighted by molar-refractivity contribution is 7.89. The number of hydrogen-bond donors (Lipinski definition) is 2. The Bertz CT molecular complexity index is 751. The number of nitrogens with one attached hydrogen (secondary N) is 2. The SMILES string of the molecule is CCc1ccsc1CNS(=O)(=O)c1ccc2c(c1)CCN2. The summed E-state index contributed by atoms with van der Waals surface area (Å²) in [7, 11) is -3.45. The first-order chi connectivity index (χ1) is 10.1. The lowest BCUT2D eigenvalue weighted by molar-refractivity contribution is 0.581. The molecule has 1 aliphatic rings. The van der Waals surface area contributed by atoms with Crippen molar-refractivity contribution < 1.29 is 8.42 Å². The van der Waals surface area contributed by atoms with Gasteiger partial charge in [-0.15, -0.1) is 11.3 Å². The van der Waals surface area contributed by atoms with Crippen LogP contribution in [0, 0.1) is 0 Å². The normalized spacial score (nSPS) is 14.0. The maximum absolute atomic E-state index is 12.4. The average Bonchev–Trinajstić information content (AvgIpc) is 3.12. The maximum Gasteiger partial charge on any atom is 0.240 e. The van der Waals surface area contributed by atoms with E-state index in [0.717, 1.165) is 35.5 Å². The molecular weight excluding hydrogens is 304 g/mol. The lowest BCUT2D eigenvalue weighted by Crippen LogP contribution is -2.23. The van der Waals surface area contributed by atoms with E-state index < -0.39 is 10.0 Å². The summed E-state index contributed by atoms with van der Waals surface area (Å²) in [5.74, 6) is 0. The number of sulfonamides is 1. The zero-order chi connectivity index (χ0) is 14.9. The fourth-order valence-electron chi connectivity index (χ4n) is 2.53. The van der Waals surface area contributed by atoms with Crippen LogP contribution in [0.1, 0.15) is 22.9 Å². The lowest BCUT2D eigenvalue weighted by Gasteiger charge is -2.08. The molecule has 21 heavy (non-hydrogen) atoms. The van der Waals surface area contributed by atoms with E-state index in [1.54, 1.807) is 23.5 Å². The predicted molar refractivity (Wildman–Crippen MR) is 86.4 cm³/mol. The molecule has 3 rings (SSSR count). The number of aryl methyl sites for hydroxylation is 1. The molecule has 4 nitrogen and oxygen atoms in total. The van der Waals surface area contributed by atoms with E-state index in [2.05, 4.69) is 23.0 Å². The molecule has 0 amide bonds. The molecule has 0 saturated carbocycles. The summed E-state index contributed by atoms with van der Waals surface area (Å²) >= 11 is 1.59. The molecule has 6 heteroatoms. The summed E-state index contributed by atoms with van der Waals surface area (Å²) in [5, 5.41) is 5.24. The Balaban J connectivity index is 1.78. The van der Waals surface area contributed by atoms with Crippen molar-refractivity contribution in [2.45, 2.75) is 31.2 Å². The van der Waals surface area contributed by atoms with Gasteiger partial charge in [0.1, 0.15) is 0 Å².